The largest absolute Gasteiger partial charge is 0.307 e. The van der Waals surface area contributed by atoms with Crippen LogP contribution in [0.5, 0.6) is 0 Å². The molecule has 1 aromatic carbocycles. The average Bonchev–Trinajstić information content (AvgIpc) is 3.02. The van der Waals surface area contributed by atoms with Gasteiger partial charge in [0.05, 0.1) is 10.6 Å². The van der Waals surface area contributed by atoms with E-state index in [0.29, 0.717) is 30.4 Å². The highest BCUT2D eigenvalue weighted by atomic mass is 32.2. The van der Waals surface area contributed by atoms with Gasteiger partial charge in [-0.2, -0.15) is 9.40 Å². The summed E-state index contributed by atoms with van der Waals surface area (Å²) >= 11 is 0. The molecule has 0 aliphatic carbocycles. The molecule has 2 aromatic rings. The van der Waals surface area contributed by atoms with Crippen molar-refractivity contribution in [2.75, 3.05) is 18.4 Å². The highest BCUT2D eigenvalue weighted by Crippen LogP contribution is 2.24. The molecule has 1 N–H and O–H groups in total. The Morgan fingerprint density at radius 2 is 1.93 bits per heavy atom. The Morgan fingerprint density at radius 1 is 1.25 bits per heavy atom. The summed E-state index contributed by atoms with van der Waals surface area (Å²) in [5.41, 5.74) is 1.22. The lowest BCUT2D eigenvalue weighted by Crippen LogP contribution is -2.39. The van der Waals surface area contributed by atoms with E-state index < -0.39 is 10.0 Å². The van der Waals surface area contributed by atoms with E-state index in [9.17, 15) is 13.2 Å². The first-order valence-electron chi connectivity index (χ1n) is 9.66. The van der Waals surface area contributed by atoms with Crippen LogP contribution in [0.1, 0.15) is 55.7 Å². The van der Waals surface area contributed by atoms with E-state index in [1.165, 1.54) is 12.1 Å². The number of hydrogen-bond donors (Lipinski definition) is 1. The second-order valence-electron chi connectivity index (χ2n) is 7.80. The number of rotatable bonds is 5. The Labute approximate surface area is 166 Å². The molecule has 28 heavy (non-hydrogen) atoms. The van der Waals surface area contributed by atoms with Crippen molar-refractivity contribution in [3.63, 3.8) is 0 Å². The molecule has 7 nitrogen and oxygen atoms in total. The quantitative estimate of drug-likeness (QED) is 0.827. The molecule has 0 radical (unpaired) electrons. The maximum atomic E-state index is 12.8. The highest BCUT2D eigenvalue weighted by Gasteiger charge is 2.28. The molecule has 1 aromatic heterocycles. The van der Waals surface area contributed by atoms with Crippen LogP contribution in [0.2, 0.25) is 0 Å². The zero-order chi connectivity index (χ0) is 20.5. The molecular formula is C20H28N4O3S. The molecule has 1 amide bonds. The predicted molar refractivity (Wildman–Crippen MR) is 109 cm³/mol. The molecular weight excluding hydrogens is 376 g/mol. The summed E-state index contributed by atoms with van der Waals surface area (Å²) in [5.74, 6) is 0.691. The fourth-order valence-electron chi connectivity index (χ4n) is 3.48. The maximum absolute atomic E-state index is 12.8. The number of anilines is 1. The van der Waals surface area contributed by atoms with Crippen LogP contribution in [0.15, 0.2) is 35.2 Å². The van der Waals surface area contributed by atoms with Crippen molar-refractivity contribution in [1.82, 2.24) is 14.1 Å². The second-order valence-corrected chi connectivity index (χ2v) is 9.74. The Kier molecular flexibility index (Phi) is 5.90. The lowest BCUT2D eigenvalue weighted by molar-refractivity contribution is 0.102. The average molecular weight is 405 g/mol. The Balaban J connectivity index is 1.76. The third-order valence-electron chi connectivity index (χ3n) is 4.96. The van der Waals surface area contributed by atoms with Crippen LogP contribution in [0, 0.1) is 12.8 Å². The van der Waals surface area contributed by atoms with E-state index in [0.717, 1.165) is 18.5 Å². The number of nitrogens with one attached hydrogen (secondary N) is 1. The molecule has 0 spiro atoms. The Morgan fingerprint density at radius 3 is 2.54 bits per heavy atom. The normalized spacial score (nSPS) is 18.4. The molecule has 152 valence electrons. The van der Waals surface area contributed by atoms with Crippen LogP contribution in [-0.4, -0.2) is 41.5 Å². The molecule has 1 unspecified atom stereocenters. The van der Waals surface area contributed by atoms with E-state index in [4.69, 9.17) is 0 Å². The van der Waals surface area contributed by atoms with Crippen LogP contribution in [0.25, 0.3) is 0 Å². The number of hydrogen-bond acceptors (Lipinski definition) is 4. The van der Waals surface area contributed by atoms with Gasteiger partial charge in [-0.15, -0.1) is 0 Å². The van der Waals surface area contributed by atoms with Gasteiger partial charge in [0.2, 0.25) is 10.0 Å². The minimum Gasteiger partial charge on any atom is -0.307 e. The van der Waals surface area contributed by atoms with E-state index >= 15 is 0 Å². The number of amides is 1. The Bertz CT molecular complexity index is 948. The van der Waals surface area contributed by atoms with Gasteiger partial charge in [-0.1, -0.05) is 6.92 Å². The van der Waals surface area contributed by atoms with Crippen molar-refractivity contribution < 1.29 is 13.2 Å². The molecule has 0 bridgehead atoms. The zero-order valence-corrected chi connectivity index (χ0v) is 17.7. The number of sulfonamides is 1. The SMILES string of the molecule is Cc1cc(NC(=O)c2ccc(S(=O)(=O)N3CCCC(C)C3)cc2)n(C(C)C)n1. The summed E-state index contributed by atoms with van der Waals surface area (Å²) < 4.78 is 29.0. The fourth-order valence-corrected chi connectivity index (χ4v) is 5.08. The first-order chi connectivity index (χ1) is 13.2. The summed E-state index contributed by atoms with van der Waals surface area (Å²) in [6, 6.07) is 8.05. The van der Waals surface area contributed by atoms with Crippen LogP contribution < -0.4 is 5.32 Å². The molecule has 0 saturated carbocycles. The van der Waals surface area contributed by atoms with Gasteiger partial charge in [0.25, 0.3) is 5.91 Å². The summed E-state index contributed by atoms with van der Waals surface area (Å²) in [6.45, 7) is 9.01. The van der Waals surface area contributed by atoms with Gasteiger partial charge in [0.1, 0.15) is 5.82 Å². The fraction of sp³-hybridized carbons (Fsp3) is 0.500. The molecule has 1 aliphatic heterocycles. The monoisotopic (exact) mass is 404 g/mol. The number of piperidine rings is 1. The van der Waals surface area contributed by atoms with Crippen LogP contribution in [0.3, 0.4) is 0 Å². The van der Waals surface area contributed by atoms with Gasteiger partial charge >= 0.3 is 0 Å². The highest BCUT2D eigenvalue weighted by molar-refractivity contribution is 7.89. The summed E-state index contributed by atoms with van der Waals surface area (Å²) in [7, 11) is -3.52. The number of carbonyl (C=O) groups is 1. The molecule has 1 fully saturated rings. The van der Waals surface area contributed by atoms with Gasteiger partial charge in [-0.25, -0.2) is 13.1 Å². The molecule has 2 heterocycles. The third-order valence-corrected chi connectivity index (χ3v) is 6.84. The number of aryl methyl sites for hydroxylation is 1. The smallest absolute Gasteiger partial charge is 0.256 e. The lowest BCUT2D eigenvalue weighted by Gasteiger charge is -2.30. The summed E-state index contributed by atoms with van der Waals surface area (Å²) in [4.78, 5) is 12.8. The van der Waals surface area contributed by atoms with Crippen molar-refractivity contribution in [3.8, 4) is 0 Å². The molecule has 8 heteroatoms. The summed E-state index contributed by atoms with van der Waals surface area (Å²) in [5, 5.41) is 7.24. The van der Waals surface area contributed by atoms with E-state index in [1.807, 2.05) is 26.8 Å². The lowest BCUT2D eigenvalue weighted by atomic mass is 10.0. The molecule has 1 saturated heterocycles. The van der Waals surface area contributed by atoms with Crippen LogP contribution in [0.4, 0.5) is 5.82 Å². The predicted octanol–water partition coefficient (Wildman–Crippen LogP) is 3.45. The Hall–Kier alpha value is -2.19. The van der Waals surface area contributed by atoms with Crippen molar-refractivity contribution in [2.45, 2.75) is 51.5 Å². The third kappa shape index (κ3) is 4.28. The molecule has 3 rings (SSSR count). The molecule has 1 atom stereocenters. The van der Waals surface area contributed by atoms with Crippen molar-refractivity contribution >= 4 is 21.7 Å². The number of carbonyl (C=O) groups excluding carboxylic acids is 1. The van der Waals surface area contributed by atoms with Crippen LogP contribution >= 0.6 is 0 Å². The summed E-state index contributed by atoms with van der Waals surface area (Å²) in [6.07, 6.45) is 1.93. The zero-order valence-electron chi connectivity index (χ0n) is 16.8. The van der Waals surface area contributed by atoms with Gasteiger partial charge in [0.15, 0.2) is 0 Å². The standard InChI is InChI=1S/C20H28N4O3S/c1-14(2)24-19(12-16(4)22-24)21-20(25)17-7-9-18(10-8-17)28(26,27)23-11-5-6-15(3)13-23/h7-10,12,14-15H,5-6,11,13H2,1-4H3,(H,21,25). The number of nitrogens with zero attached hydrogens (tertiary/aromatic N) is 3. The van der Waals surface area contributed by atoms with Gasteiger partial charge in [-0.3, -0.25) is 4.79 Å². The second kappa shape index (κ2) is 8.05. The van der Waals surface area contributed by atoms with E-state index in [2.05, 4.69) is 17.3 Å². The maximum Gasteiger partial charge on any atom is 0.256 e. The van der Waals surface area contributed by atoms with Crippen molar-refractivity contribution in [1.29, 1.82) is 0 Å². The first kappa shape index (κ1) is 20.5. The van der Waals surface area contributed by atoms with Gasteiger partial charge in [-0.05, 0) is 63.8 Å². The van der Waals surface area contributed by atoms with E-state index in [-0.39, 0.29) is 16.8 Å². The minimum absolute atomic E-state index is 0.114. The molecule has 1 aliphatic rings. The first-order valence-corrected chi connectivity index (χ1v) is 11.1. The van der Waals surface area contributed by atoms with Gasteiger partial charge in [0, 0.05) is 30.8 Å². The topological polar surface area (TPSA) is 84.3 Å². The number of benzene rings is 1. The van der Waals surface area contributed by atoms with Crippen molar-refractivity contribution in [2.24, 2.45) is 5.92 Å². The number of aromatic nitrogens is 2. The van der Waals surface area contributed by atoms with Gasteiger partial charge < -0.3 is 5.32 Å². The minimum atomic E-state index is -3.52. The van der Waals surface area contributed by atoms with Crippen molar-refractivity contribution in [3.05, 3.63) is 41.6 Å². The van der Waals surface area contributed by atoms with E-state index in [1.54, 1.807) is 21.1 Å². The van der Waals surface area contributed by atoms with Crippen LogP contribution in [-0.2, 0) is 10.0 Å².